The maximum absolute atomic E-state index is 14.7. The van der Waals surface area contributed by atoms with Gasteiger partial charge in [-0.2, -0.15) is 0 Å². The Morgan fingerprint density at radius 2 is 2.19 bits per heavy atom. The summed E-state index contributed by atoms with van der Waals surface area (Å²) in [5.41, 5.74) is 4.29. The van der Waals surface area contributed by atoms with Gasteiger partial charge in [0, 0.05) is 22.5 Å². The van der Waals surface area contributed by atoms with E-state index in [-0.39, 0.29) is 18.0 Å². The average molecular weight is 290 g/mol. The van der Waals surface area contributed by atoms with Crippen molar-refractivity contribution in [2.75, 3.05) is 0 Å². The Morgan fingerprint density at radius 3 is 2.88 bits per heavy atom. The molecule has 2 N–H and O–H groups in total. The van der Waals surface area contributed by atoms with E-state index in [9.17, 15) is 8.78 Å². The summed E-state index contributed by atoms with van der Waals surface area (Å²) in [6, 6.07) is 4.22. The molecule has 0 heterocycles. The van der Waals surface area contributed by atoms with Crippen LogP contribution in [0.2, 0.25) is 0 Å². The molecule has 2 unspecified atom stereocenters. The molecule has 0 radical (unpaired) electrons. The van der Waals surface area contributed by atoms with Crippen LogP contribution in [0, 0.1) is 5.82 Å². The van der Waals surface area contributed by atoms with E-state index >= 15 is 0 Å². The van der Waals surface area contributed by atoms with Gasteiger partial charge in [0.1, 0.15) is 11.5 Å². The first-order chi connectivity index (χ1) is 7.51. The van der Waals surface area contributed by atoms with Crippen molar-refractivity contribution in [2.45, 2.75) is 37.4 Å². The van der Waals surface area contributed by atoms with Gasteiger partial charge in [0.15, 0.2) is 0 Å². The molecule has 16 heavy (non-hydrogen) atoms. The van der Waals surface area contributed by atoms with E-state index in [1.54, 1.807) is 6.07 Å². The highest BCUT2D eigenvalue weighted by Gasteiger charge is 2.38. The molecule has 1 nitrogen and oxygen atoms in total. The second-order valence-corrected chi connectivity index (χ2v) is 5.36. The predicted molar refractivity (Wildman–Crippen MR) is 63.3 cm³/mol. The molecule has 1 aliphatic rings. The van der Waals surface area contributed by atoms with Crippen LogP contribution in [0.4, 0.5) is 8.78 Å². The fraction of sp³-hybridized carbons (Fsp3) is 0.500. The van der Waals surface area contributed by atoms with Crippen LogP contribution in [0.5, 0.6) is 0 Å². The molecular formula is C12H14BrF2N. The predicted octanol–water partition coefficient (Wildman–Crippen LogP) is 3.65. The minimum atomic E-state index is -1.61. The number of benzene rings is 1. The van der Waals surface area contributed by atoms with E-state index in [4.69, 9.17) is 5.73 Å². The number of hydrogen-bond acceptors (Lipinski definition) is 1. The minimum Gasteiger partial charge on any atom is -0.328 e. The van der Waals surface area contributed by atoms with Crippen LogP contribution in [0.15, 0.2) is 22.7 Å². The number of nitrogens with two attached hydrogens (primary N) is 1. The van der Waals surface area contributed by atoms with Crippen molar-refractivity contribution in [3.8, 4) is 0 Å². The molecule has 1 aromatic carbocycles. The van der Waals surface area contributed by atoms with Crippen molar-refractivity contribution in [3.63, 3.8) is 0 Å². The summed E-state index contributed by atoms with van der Waals surface area (Å²) in [7, 11) is 0. The van der Waals surface area contributed by atoms with Gasteiger partial charge in [-0.3, -0.25) is 0 Å². The highest BCUT2D eigenvalue weighted by Crippen LogP contribution is 2.42. The summed E-state index contributed by atoms with van der Waals surface area (Å²) in [4.78, 5) is 0. The van der Waals surface area contributed by atoms with Crippen molar-refractivity contribution in [1.82, 2.24) is 0 Å². The van der Waals surface area contributed by atoms with Crippen LogP contribution >= 0.6 is 15.9 Å². The first-order valence-electron chi connectivity index (χ1n) is 5.41. The SMILES string of the molecule is NC1CCCC(F)(c2cc(Br)ccc2F)C1. The highest BCUT2D eigenvalue weighted by atomic mass is 79.9. The fourth-order valence-corrected chi connectivity index (χ4v) is 2.71. The van der Waals surface area contributed by atoms with Crippen LogP contribution in [-0.2, 0) is 5.67 Å². The third-order valence-electron chi connectivity index (χ3n) is 3.14. The van der Waals surface area contributed by atoms with Gasteiger partial charge in [-0.05, 0) is 37.5 Å². The molecular weight excluding hydrogens is 276 g/mol. The van der Waals surface area contributed by atoms with Gasteiger partial charge in [0.2, 0.25) is 0 Å². The summed E-state index contributed by atoms with van der Waals surface area (Å²) in [6.45, 7) is 0. The maximum atomic E-state index is 14.7. The van der Waals surface area contributed by atoms with E-state index in [2.05, 4.69) is 15.9 Å². The molecule has 1 fully saturated rings. The van der Waals surface area contributed by atoms with E-state index in [0.717, 1.165) is 6.42 Å². The van der Waals surface area contributed by atoms with Gasteiger partial charge in [-0.1, -0.05) is 15.9 Å². The lowest BCUT2D eigenvalue weighted by Crippen LogP contribution is -2.36. The minimum absolute atomic E-state index is 0.136. The molecule has 0 aromatic heterocycles. The summed E-state index contributed by atoms with van der Waals surface area (Å²) in [5, 5.41) is 0. The largest absolute Gasteiger partial charge is 0.328 e. The van der Waals surface area contributed by atoms with Crippen LogP contribution in [0.25, 0.3) is 0 Å². The van der Waals surface area contributed by atoms with Crippen LogP contribution in [0.1, 0.15) is 31.2 Å². The van der Waals surface area contributed by atoms with Crippen molar-refractivity contribution >= 4 is 15.9 Å². The molecule has 4 heteroatoms. The number of halogens is 3. The van der Waals surface area contributed by atoms with Gasteiger partial charge in [0.05, 0.1) is 0 Å². The van der Waals surface area contributed by atoms with Gasteiger partial charge >= 0.3 is 0 Å². The van der Waals surface area contributed by atoms with E-state index in [1.165, 1.54) is 12.1 Å². The second kappa shape index (κ2) is 4.41. The molecule has 0 aliphatic heterocycles. The van der Waals surface area contributed by atoms with Gasteiger partial charge in [-0.15, -0.1) is 0 Å². The highest BCUT2D eigenvalue weighted by molar-refractivity contribution is 9.10. The number of rotatable bonds is 1. The molecule has 0 bridgehead atoms. The van der Waals surface area contributed by atoms with E-state index in [1.807, 2.05) is 0 Å². The second-order valence-electron chi connectivity index (χ2n) is 4.45. The molecule has 1 aliphatic carbocycles. The molecule has 1 saturated carbocycles. The van der Waals surface area contributed by atoms with Crippen LogP contribution < -0.4 is 5.73 Å². The Bertz CT molecular complexity index is 397. The molecule has 1 aromatic rings. The van der Waals surface area contributed by atoms with Gasteiger partial charge in [0.25, 0.3) is 0 Å². The fourth-order valence-electron chi connectivity index (χ4n) is 2.35. The van der Waals surface area contributed by atoms with Crippen molar-refractivity contribution in [1.29, 1.82) is 0 Å². The normalized spacial score (nSPS) is 30.4. The zero-order chi connectivity index (χ0) is 11.8. The monoisotopic (exact) mass is 289 g/mol. The molecule has 0 spiro atoms. The zero-order valence-electron chi connectivity index (χ0n) is 8.85. The molecule has 2 rings (SSSR count). The Balaban J connectivity index is 2.37. The Kier molecular flexibility index (Phi) is 3.31. The lowest BCUT2D eigenvalue weighted by atomic mass is 9.79. The Hall–Kier alpha value is -0.480. The molecule has 88 valence electrons. The first-order valence-corrected chi connectivity index (χ1v) is 6.20. The number of hydrogen-bond donors (Lipinski definition) is 1. The lowest BCUT2D eigenvalue weighted by Gasteiger charge is -2.33. The third kappa shape index (κ3) is 2.28. The van der Waals surface area contributed by atoms with Crippen LogP contribution in [-0.4, -0.2) is 6.04 Å². The van der Waals surface area contributed by atoms with Gasteiger partial charge in [-0.25, -0.2) is 8.78 Å². The quantitative estimate of drug-likeness (QED) is 0.839. The van der Waals surface area contributed by atoms with Crippen LogP contribution in [0.3, 0.4) is 0 Å². The number of alkyl halides is 1. The van der Waals surface area contributed by atoms with E-state index in [0.29, 0.717) is 17.3 Å². The lowest BCUT2D eigenvalue weighted by molar-refractivity contribution is 0.0904. The third-order valence-corrected chi connectivity index (χ3v) is 3.64. The zero-order valence-corrected chi connectivity index (χ0v) is 10.4. The summed E-state index contributed by atoms with van der Waals surface area (Å²) < 4.78 is 29.0. The Labute approximate surface area is 102 Å². The summed E-state index contributed by atoms with van der Waals surface area (Å²) in [6.07, 6.45) is 2.10. The van der Waals surface area contributed by atoms with Gasteiger partial charge < -0.3 is 5.73 Å². The molecule has 0 amide bonds. The smallest absolute Gasteiger partial charge is 0.140 e. The molecule has 0 saturated heterocycles. The average Bonchev–Trinajstić information content (AvgIpc) is 2.21. The maximum Gasteiger partial charge on any atom is 0.140 e. The van der Waals surface area contributed by atoms with Crippen molar-refractivity contribution < 1.29 is 8.78 Å². The first kappa shape index (κ1) is 12.0. The van der Waals surface area contributed by atoms with Crippen molar-refractivity contribution in [3.05, 3.63) is 34.1 Å². The Morgan fingerprint density at radius 1 is 1.44 bits per heavy atom. The topological polar surface area (TPSA) is 26.0 Å². The standard InChI is InChI=1S/C12H14BrF2N/c13-8-3-4-11(14)10(6-8)12(15)5-1-2-9(16)7-12/h3-4,6,9H,1-2,5,7,16H2. The summed E-state index contributed by atoms with van der Waals surface area (Å²) >= 11 is 3.24. The van der Waals surface area contributed by atoms with Crippen molar-refractivity contribution in [2.24, 2.45) is 5.73 Å². The van der Waals surface area contributed by atoms with E-state index < -0.39 is 11.5 Å². The summed E-state index contributed by atoms with van der Waals surface area (Å²) in [5.74, 6) is -0.486. The molecule has 2 atom stereocenters.